The third kappa shape index (κ3) is 5.43. The number of benzene rings is 3. The van der Waals surface area contributed by atoms with Crippen molar-refractivity contribution in [3.05, 3.63) is 105 Å². The average molecular weight is 698 g/mol. The summed E-state index contributed by atoms with van der Waals surface area (Å²) >= 11 is 0. The summed E-state index contributed by atoms with van der Waals surface area (Å²) in [5.74, 6) is -1.27. The molecule has 0 unspecified atom stereocenters. The molecule has 1 aromatic heterocycles. The lowest BCUT2D eigenvalue weighted by atomic mass is 9.82. The molecule has 0 radical (unpaired) electrons. The first-order valence-corrected chi connectivity index (χ1v) is 19.9. The van der Waals surface area contributed by atoms with Gasteiger partial charge in [0.05, 0.1) is 59.6 Å². The Bertz CT molecular complexity index is 2060. The number of amides is 2. The topological polar surface area (TPSA) is 168 Å². The molecule has 2 amide bonds. The van der Waals surface area contributed by atoms with Crippen LogP contribution >= 0.6 is 0 Å². The second-order valence-electron chi connectivity index (χ2n) is 14.1. The van der Waals surface area contributed by atoms with Crippen molar-refractivity contribution in [3.8, 4) is 5.69 Å². The molecule has 0 bridgehead atoms. The lowest BCUT2D eigenvalue weighted by Crippen LogP contribution is -2.46. The standard InChI is InChI=1S/C36H39N5O8Si/c1-22-33(50(2,3)48)31(18-32(43)38-16-6-8-27(38)21-42)49-36(22)29-17-26(41(46)47)14-15-30(29)39(35(36)45)20-23-10-12-25(13-11-23)40-34(44)28-9-5-4-7-24(28)19-37-40/h4-5,7,9-15,17,19,22,27,31,33,42,48H,6,8,16,18,20-21H2,1-3H3/t22-,27+,31+,33-,36+/m1/s1. The summed E-state index contributed by atoms with van der Waals surface area (Å²) in [4.78, 5) is 67.8. The highest BCUT2D eigenvalue weighted by atomic mass is 28.4. The number of hydrogen-bond donors (Lipinski definition) is 2. The first-order chi connectivity index (χ1) is 23.8. The van der Waals surface area contributed by atoms with Gasteiger partial charge in [-0.2, -0.15) is 9.78 Å². The Morgan fingerprint density at radius 2 is 1.86 bits per heavy atom. The fourth-order valence-electron chi connectivity index (χ4n) is 8.38. The van der Waals surface area contributed by atoms with Crippen LogP contribution in [0.15, 0.2) is 77.7 Å². The highest BCUT2D eigenvalue weighted by Crippen LogP contribution is 2.60. The molecule has 4 heterocycles. The van der Waals surface area contributed by atoms with Crippen LogP contribution in [-0.4, -0.2) is 74.9 Å². The number of carbonyl (C=O) groups excluding carboxylic acids is 2. The van der Waals surface area contributed by atoms with Crippen molar-refractivity contribution in [1.29, 1.82) is 0 Å². The number of nitrogens with zero attached hydrogens (tertiary/aromatic N) is 5. The number of nitro groups is 1. The molecule has 3 aromatic carbocycles. The Kier molecular flexibility index (Phi) is 8.45. The van der Waals surface area contributed by atoms with Crippen molar-refractivity contribution >= 4 is 42.3 Å². The minimum absolute atomic E-state index is 0.0918. The molecule has 3 aliphatic rings. The fourth-order valence-corrected chi connectivity index (χ4v) is 10.9. The molecule has 0 aliphatic carbocycles. The van der Waals surface area contributed by atoms with Gasteiger partial charge in [0, 0.05) is 41.1 Å². The smallest absolute Gasteiger partial charge is 0.279 e. The first kappa shape index (κ1) is 33.7. The largest absolute Gasteiger partial charge is 0.432 e. The molecule has 2 fully saturated rings. The van der Waals surface area contributed by atoms with Gasteiger partial charge in [0.15, 0.2) is 13.9 Å². The van der Waals surface area contributed by atoms with Crippen LogP contribution in [0, 0.1) is 16.0 Å². The Morgan fingerprint density at radius 1 is 1.12 bits per heavy atom. The van der Waals surface area contributed by atoms with E-state index in [0.29, 0.717) is 35.3 Å². The summed E-state index contributed by atoms with van der Waals surface area (Å²) < 4.78 is 8.05. The molecule has 260 valence electrons. The van der Waals surface area contributed by atoms with Crippen molar-refractivity contribution in [2.75, 3.05) is 18.1 Å². The van der Waals surface area contributed by atoms with Gasteiger partial charge in [-0.25, -0.2) is 0 Å². The van der Waals surface area contributed by atoms with Crippen LogP contribution in [-0.2, 0) is 26.5 Å². The molecule has 3 aliphatic heterocycles. The summed E-state index contributed by atoms with van der Waals surface area (Å²) in [5.41, 5.74) is -0.627. The summed E-state index contributed by atoms with van der Waals surface area (Å²) in [6.45, 7) is 5.78. The van der Waals surface area contributed by atoms with E-state index in [0.717, 1.165) is 17.4 Å². The second kappa shape index (κ2) is 12.5. The van der Waals surface area contributed by atoms with Gasteiger partial charge in [0.1, 0.15) is 0 Å². The van der Waals surface area contributed by atoms with Crippen molar-refractivity contribution < 1.29 is 29.2 Å². The van der Waals surface area contributed by atoms with E-state index in [1.807, 2.05) is 19.1 Å². The van der Waals surface area contributed by atoms with Crippen LogP contribution in [0.2, 0.25) is 18.6 Å². The normalized spacial score (nSPS) is 24.8. The number of aliphatic hydroxyl groups is 1. The number of aromatic nitrogens is 2. The van der Waals surface area contributed by atoms with E-state index in [9.17, 15) is 34.4 Å². The number of nitro benzene ring substituents is 1. The second-order valence-corrected chi connectivity index (χ2v) is 18.1. The number of anilines is 1. The van der Waals surface area contributed by atoms with Gasteiger partial charge >= 0.3 is 0 Å². The summed E-state index contributed by atoms with van der Waals surface area (Å²) in [7, 11) is -3.10. The van der Waals surface area contributed by atoms with Crippen LogP contribution in [0.1, 0.15) is 37.3 Å². The van der Waals surface area contributed by atoms with Gasteiger partial charge < -0.3 is 24.4 Å². The summed E-state index contributed by atoms with van der Waals surface area (Å²) in [5, 5.41) is 27.4. The fraction of sp³-hybridized carbons (Fsp3) is 0.389. The van der Waals surface area contributed by atoms with Gasteiger partial charge in [-0.15, -0.1) is 0 Å². The summed E-state index contributed by atoms with van der Waals surface area (Å²) in [6, 6.07) is 18.3. The Morgan fingerprint density at radius 3 is 2.56 bits per heavy atom. The quantitative estimate of drug-likeness (QED) is 0.157. The number of carbonyl (C=O) groups is 2. The first-order valence-electron chi connectivity index (χ1n) is 16.8. The number of aliphatic hydroxyl groups excluding tert-OH is 1. The number of rotatable bonds is 8. The average Bonchev–Trinajstić information content (AvgIpc) is 3.75. The van der Waals surface area contributed by atoms with E-state index in [1.54, 1.807) is 71.6 Å². The predicted octanol–water partition coefficient (Wildman–Crippen LogP) is 4.01. The van der Waals surface area contributed by atoms with Crippen molar-refractivity contribution in [2.45, 2.75) is 69.1 Å². The van der Waals surface area contributed by atoms with E-state index in [4.69, 9.17) is 4.74 Å². The van der Waals surface area contributed by atoms with E-state index < -0.39 is 42.3 Å². The van der Waals surface area contributed by atoms with Crippen LogP contribution < -0.4 is 10.5 Å². The molecule has 50 heavy (non-hydrogen) atoms. The maximum atomic E-state index is 14.8. The van der Waals surface area contributed by atoms with E-state index in [2.05, 4.69) is 5.10 Å². The van der Waals surface area contributed by atoms with Crippen molar-refractivity contribution in [2.24, 2.45) is 5.92 Å². The van der Waals surface area contributed by atoms with Gasteiger partial charge in [0.2, 0.25) is 5.91 Å². The maximum Gasteiger partial charge on any atom is 0.279 e. The van der Waals surface area contributed by atoms with Gasteiger partial charge in [-0.3, -0.25) is 24.5 Å². The van der Waals surface area contributed by atoms with Gasteiger partial charge in [-0.05, 0) is 55.8 Å². The monoisotopic (exact) mass is 697 g/mol. The lowest BCUT2D eigenvalue weighted by molar-refractivity contribution is -0.385. The zero-order valence-corrected chi connectivity index (χ0v) is 29.1. The van der Waals surface area contributed by atoms with Crippen LogP contribution in [0.4, 0.5) is 11.4 Å². The highest BCUT2D eigenvalue weighted by Gasteiger charge is 2.66. The van der Waals surface area contributed by atoms with Gasteiger partial charge in [0.25, 0.3) is 17.2 Å². The third-order valence-electron chi connectivity index (χ3n) is 10.7. The zero-order chi connectivity index (χ0) is 35.5. The SMILES string of the molecule is C[C@@H]1[C@@H]([Si](C)(C)O)[C@H](CC(=O)N2CCC[C@H]2CO)O[C@@]12C(=O)N(Cc1ccc(-n3ncc4ccccc4c3=O)cc1)c1ccc([N+](=O)[O-])cc12. The molecule has 13 nitrogen and oxygen atoms in total. The minimum atomic E-state index is -3.10. The Balaban J connectivity index is 1.24. The molecule has 5 atom stereocenters. The van der Waals surface area contributed by atoms with Crippen molar-refractivity contribution in [3.63, 3.8) is 0 Å². The maximum absolute atomic E-state index is 14.8. The molecule has 4 aromatic rings. The molecule has 1 spiro atoms. The molecule has 2 saturated heterocycles. The zero-order valence-electron chi connectivity index (χ0n) is 28.1. The van der Waals surface area contributed by atoms with E-state index in [-0.39, 0.29) is 42.8 Å². The Labute approximate surface area is 289 Å². The van der Waals surface area contributed by atoms with Crippen molar-refractivity contribution in [1.82, 2.24) is 14.7 Å². The molecule has 2 N–H and O–H groups in total. The third-order valence-corrected chi connectivity index (χ3v) is 13.2. The summed E-state index contributed by atoms with van der Waals surface area (Å²) in [6.07, 6.45) is 2.18. The van der Waals surface area contributed by atoms with Crippen LogP contribution in [0.3, 0.4) is 0 Å². The Hall–Kier alpha value is -4.76. The number of likely N-dealkylation sites (tertiary alicyclic amines) is 1. The van der Waals surface area contributed by atoms with E-state index in [1.165, 1.54) is 16.8 Å². The number of ether oxygens (including phenoxy) is 1. The molecule has 0 saturated carbocycles. The number of fused-ring (bicyclic) bond motifs is 3. The molecule has 14 heteroatoms. The van der Waals surface area contributed by atoms with E-state index >= 15 is 0 Å². The van der Waals surface area contributed by atoms with Crippen LogP contribution in [0.25, 0.3) is 16.5 Å². The number of hydrogen-bond acceptors (Lipinski definition) is 9. The van der Waals surface area contributed by atoms with Gasteiger partial charge in [-0.1, -0.05) is 37.3 Å². The molecule has 7 rings (SSSR count). The van der Waals surface area contributed by atoms with Crippen LogP contribution in [0.5, 0.6) is 0 Å². The lowest BCUT2D eigenvalue weighted by Gasteiger charge is -2.32. The predicted molar refractivity (Wildman–Crippen MR) is 187 cm³/mol. The molecular weight excluding hydrogens is 659 g/mol. The number of non-ortho nitro benzene ring substituents is 1. The minimum Gasteiger partial charge on any atom is -0.432 e. The molecular formula is C36H39N5O8Si. The highest BCUT2D eigenvalue weighted by molar-refractivity contribution is 6.71.